The van der Waals surface area contributed by atoms with Crippen LogP contribution in [0.2, 0.25) is 0 Å². The number of hydrogen-bond acceptors (Lipinski definition) is 4. The van der Waals surface area contributed by atoms with Crippen molar-refractivity contribution in [3.63, 3.8) is 0 Å². The van der Waals surface area contributed by atoms with Crippen LogP contribution in [-0.2, 0) is 21.2 Å². The van der Waals surface area contributed by atoms with Gasteiger partial charge in [-0.05, 0) is 57.4 Å². The van der Waals surface area contributed by atoms with Crippen LogP contribution < -0.4 is 5.46 Å². The first-order valence-corrected chi connectivity index (χ1v) is 9.54. The van der Waals surface area contributed by atoms with Crippen molar-refractivity contribution in [1.82, 2.24) is 9.88 Å². The molecular weight excluding hydrogens is 387 g/mol. The predicted molar refractivity (Wildman–Crippen MR) is 109 cm³/mol. The summed E-state index contributed by atoms with van der Waals surface area (Å²) >= 11 is 0. The van der Waals surface area contributed by atoms with Crippen molar-refractivity contribution in [2.75, 3.05) is 0 Å². The molecule has 0 N–H and O–H groups in total. The van der Waals surface area contributed by atoms with Gasteiger partial charge in [0.2, 0.25) is 0 Å². The lowest BCUT2D eigenvalue weighted by molar-refractivity contribution is 0.00578. The van der Waals surface area contributed by atoms with Crippen LogP contribution in [0.1, 0.15) is 49.3 Å². The molecule has 0 unspecified atom stereocenters. The number of hydrogen-bond donors (Lipinski definition) is 0. The zero-order chi connectivity index (χ0) is 22.1. The molecule has 3 heterocycles. The molecule has 0 saturated carbocycles. The minimum absolute atomic E-state index is 0.157. The van der Waals surface area contributed by atoms with E-state index in [0.29, 0.717) is 0 Å². The molecule has 10 heteroatoms. The van der Waals surface area contributed by atoms with Gasteiger partial charge in [0, 0.05) is 17.1 Å². The third kappa shape index (κ3) is 3.08. The summed E-state index contributed by atoms with van der Waals surface area (Å²) in [4.78, 5) is 17.8. The molecule has 1 fully saturated rings. The van der Waals surface area contributed by atoms with Crippen molar-refractivity contribution in [2.24, 2.45) is 0 Å². The van der Waals surface area contributed by atoms with Gasteiger partial charge in [0.05, 0.1) is 44.7 Å². The van der Waals surface area contributed by atoms with Gasteiger partial charge in [0.25, 0.3) is 5.91 Å². The molecule has 0 spiro atoms. The Hall–Kier alpha value is -2.19. The Morgan fingerprint density at radius 2 is 1.67 bits per heavy atom. The van der Waals surface area contributed by atoms with Gasteiger partial charge in [0.1, 0.15) is 11.6 Å². The largest absolute Gasteiger partial charge is 0.495 e. The zero-order valence-electron chi connectivity index (χ0n) is 17.2. The van der Waals surface area contributed by atoms with Gasteiger partial charge < -0.3 is 14.2 Å². The quantitative estimate of drug-likeness (QED) is 0.730. The van der Waals surface area contributed by atoms with Crippen molar-refractivity contribution in [1.29, 1.82) is 0 Å². The van der Waals surface area contributed by atoms with E-state index >= 15 is 0 Å². The maximum Gasteiger partial charge on any atom is 0.495 e. The van der Waals surface area contributed by atoms with Crippen LogP contribution in [-0.4, -0.2) is 49.8 Å². The van der Waals surface area contributed by atoms with Crippen molar-refractivity contribution in [3.05, 3.63) is 58.9 Å². The average Bonchev–Trinajstić information content (AvgIpc) is 2.98. The Balaban J connectivity index is 1.64. The van der Waals surface area contributed by atoms with Gasteiger partial charge in [0.15, 0.2) is 0 Å². The molecule has 1 saturated heterocycles. The summed E-state index contributed by atoms with van der Waals surface area (Å²) < 4.78 is 41.6. The highest BCUT2D eigenvalue weighted by molar-refractivity contribution is 6.62. The molecule has 4 radical (unpaired) electrons. The molecule has 1 aromatic heterocycles. The molecule has 2 aliphatic rings. The number of carbonyl (C=O) groups excluding carboxylic acids is 1. The minimum atomic E-state index is -1.78. The van der Waals surface area contributed by atoms with E-state index in [1.54, 1.807) is 6.07 Å². The van der Waals surface area contributed by atoms with Gasteiger partial charge in [-0.2, -0.15) is 0 Å². The Morgan fingerprint density at radius 3 is 2.20 bits per heavy atom. The third-order valence-corrected chi connectivity index (χ3v) is 6.11. The summed E-state index contributed by atoms with van der Waals surface area (Å²) in [7, 11) is 11.3. The number of amides is 1. The van der Waals surface area contributed by atoms with Gasteiger partial charge in [-0.1, -0.05) is 0 Å². The number of pyridine rings is 1. The summed E-state index contributed by atoms with van der Waals surface area (Å²) in [6.07, 6.45) is 1.45. The first kappa shape index (κ1) is 21.1. The van der Waals surface area contributed by atoms with E-state index in [9.17, 15) is 13.6 Å². The molecule has 4 rings (SSSR count). The number of rotatable bonds is 3. The van der Waals surface area contributed by atoms with Crippen LogP contribution in [0.4, 0.5) is 8.78 Å². The van der Waals surface area contributed by atoms with Crippen LogP contribution in [0, 0.1) is 11.6 Å². The highest BCUT2D eigenvalue weighted by atomic mass is 19.1. The van der Waals surface area contributed by atoms with Crippen molar-refractivity contribution >= 4 is 34.2 Å². The predicted octanol–water partition coefficient (Wildman–Crippen LogP) is 1.76. The van der Waals surface area contributed by atoms with Crippen molar-refractivity contribution in [3.8, 4) is 0 Å². The molecule has 2 aliphatic heterocycles. The van der Waals surface area contributed by atoms with Crippen LogP contribution in [0.5, 0.6) is 0 Å². The van der Waals surface area contributed by atoms with Gasteiger partial charge in [-0.25, -0.2) is 8.78 Å². The smallest absolute Gasteiger partial charge is 0.399 e. The topological polar surface area (TPSA) is 51.7 Å². The van der Waals surface area contributed by atoms with Crippen LogP contribution in [0.15, 0.2) is 30.5 Å². The van der Waals surface area contributed by atoms with Gasteiger partial charge >= 0.3 is 7.12 Å². The third-order valence-electron chi connectivity index (χ3n) is 6.11. The number of benzene rings is 1. The minimum Gasteiger partial charge on any atom is -0.399 e. The summed E-state index contributed by atoms with van der Waals surface area (Å²) in [6.45, 7) is 6.94. The van der Waals surface area contributed by atoms with Crippen LogP contribution >= 0.6 is 0 Å². The SMILES string of the molecule is [B]C1([B])c2ncccc2C(=O)N1Cc1c(F)cc(B2OC(C)(C)C(C)(C)O2)cc1F. The highest BCUT2D eigenvalue weighted by Gasteiger charge is 2.52. The summed E-state index contributed by atoms with van der Waals surface area (Å²) in [5.41, 5.74) is -1.07. The second kappa shape index (κ2) is 6.66. The molecule has 0 bridgehead atoms. The fourth-order valence-corrected chi connectivity index (χ4v) is 3.59. The van der Waals surface area contributed by atoms with Crippen LogP contribution in [0.3, 0.4) is 0 Å². The fraction of sp³-hybridized carbons (Fsp3) is 0.400. The molecule has 5 nitrogen and oxygen atoms in total. The monoisotopic (exact) mass is 406 g/mol. The maximum atomic E-state index is 14.9. The maximum absolute atomic E-state index is 14.9. The Kier molecular flexibility index (Phi) is 4.67. The summed E-state index contributed by atoms with van der Waals surface area (Å²) in [5, 5.41) is -1.78. The Bertz CT molecular complexity index is 1010. The number of nitrogens with zero attached hydrogens (tertiary/aromatic N) is 2. The van der Waals surface area contributed by atoms with E-state index in [2.05, 4.69) is 4.98 Å². The molecule has 150 valence electrons. The van der Waals surface area contributed by atoms with E-state index in [1.807, 2.05) is 27.7 Å². The number of halogens is 2. The lowest BCUT2D eigenvalue weighted by Gasteiger charge is -2.33. The lowest BCUT2D eigenvalue weighted by Crippen LogP contribution is -2.45. The van der Waals surface area contributed by atoms with E-state index in [0.717, 1.165) is 17.0 Å². The summed E-state index contributed by atoms with van der Waals surface area (Å²) in [6, 6.07) is 5.37. The first-order chi connectivity index (χ1) is 13.8. The normalized spacial score (nSPS) is 21.2. The van der Waals surface area contributed by atoms with E-state index in [1.165, 1.54) is 12.3 Å². The van der Waals surface area contributed by atoms with E-state index in [-0.39, 0.29) is 22.3 Å². The van der Waals surface area contributed by atoms with Gasteiger partial charge in [-0.3, -0.25) is 9.78 Å². The van der Waals surface area contributed by atoms with Crippen molar-refractivity contribution < 1.29 is 22.9 Å². The second-order valence-electron chi connectivity index (χ2n) is 8.67. The molecule has 30 heavy (non-hydrogen) atoms. The molecule has 0 atom stereocenters. The summed E-state index contributed by atoms with van der Waals surface area (Å²) in [5.74, 6) is -2.25. The molecule has 1 amide bonds. The van der Waals surface area contributed by atoms with Gasteiger partial charge in [-0.15, -0.1) is 0 Å². The molecular formula is C20H19B3F2N2O3. The number of aromatic nitrogens is 1. The Labute approximate surface area is 177 Å². The van der Waals surface area contributed by atoms with E-state index in [4.69, 9.17) is 25.0 Å². The number of carbonyl (C=O) groups is 1. The molecule has 0 aliphatic carbocycles. The first-order valence-electron chi connectivity index (χ1n) is 9.54. The van der Waals surface area contributed by atoms with Crippen LogP contribution in [0.25, 0.3) is 0 Å². The number of fused-ring (bicyclic) bond motifs is 1. The highest BCUT2D eigenvalue weighted by Crippen LogP contribution is 2.37. The van der Waals surface area contributed by atoms with E-state index < -0.39 is 47.7 Å². The fourth-order valence-electron chi connectivity index (χ4n) is 3.59. The average molecular weight is 406 g/mol. The lowest BCUT2D eigenvalue weighted by atomic mass is 9.59. The molecule has 1 aromatic carbocycles. The zero-order valence-corrected chi connectivity index (χ0v) is 17.2. The Morgan fingerprint density at radius 1 is 1.10 bits per heavy atom. The molecule has 2 aromatic rings. The van der Waals surface area contributed by atoms with Crippen molar-refractivity contribution in [2.45, 2.75) is 50.8 Å². The standard InChI is InChI=1S/C20H19B3F2N2O3/c1-18(2)19(3,4)30-23(29-18)11-8-14(24)13(15(25)9-11)10-27-17(28)12-6-5-7-26-16(12)20(27,21)22/h5-9H,10H2,1-4H3. The second-order valence-corrected chi connectivity index (χ2v) is 8.67.